The molecule has 3 amide bonds. The van der Waals surface area contributed by atoms with Crippen LogP contribution < -0.4 is 5.56 Å². The SMILES string of the molecule is O=C(CCn1nc(-c2ccc(Cl)cc2)ccc1=O)N1CC(=O)N(CCc2ccccc2)C(=O)C1. The fourth-order valence-corrected chi connectivity index (χ4v) is 3.87. The fraction of sp³-hybridized carbons (Fsp3) is 0.240. The van der Waals surface area contributed by atoms with E-state index >= 15 is 0 Å². The highest BCUT2D eigenvalue weighted by Gasteiger charge is 2.32. The first-order valence-corrected chi connectivity index (χ1v) is 11.3. The second-order valence-corrected chi connectivity index (χ2v) is 8.40. The van der Waals surface area contributed by atoms with Crippen LogP contribution in [0.25, 0.3) is 11.3 Å². The van der Waals surface area contributed by atoms with Crippen molar-refractivity contribution in [3.05, 3.63) is 87.7 Å². The summed E-state index contributed by atoms with van der Waals surface area (Å²) in [4.78, 5) is 52.4. The van der Waals surface area contributed by atoms with Crippen molar-refractivity contribution in [2.75, 3.05) is 19.6 Å². The highest BCUT2D eigenvalue weighted by atomic mass is 35.5. The lowest BCUT2D eigenvalue weighted by molar-refractivity contribution is -0.156. The summed E-state index contributed by atoms with van der Waals surface area (Å²) < 4.78 is 1.21. The third-order valence-corrected chi connectivity index (χ3v) is 5.87. The topological polar surface area (TPSA) is 92.6 Å². The zero-order valence-electron chi connectivity index (χ0n) is 18.4. The first kappa shape index (κ1) is 23.4. The number of amides is 3. The van der Waals surface area contributed by atoms with Gasteiger partial charge >= 0.3 is 0 Å². The van der Waals surface area contributed by atoms with Gasteiger partial charge in [0.15, 0.2) is 0 Å². The van der Waals surface area contributed by atoms with E-state index < -0.39 is 11.8 Å². The number of hydrogen-bond donors (Lipinski definition) is 0. The number of hydrogen-bond acceptors (Lipinski definition) is 5. The van der Waals surface area contributed by atoms with Gasteiger partial charge in [0.05, 0.1) is 12.2 Å². The number of carbonyl (C=O) groups excluding carboxylic acids is 3. The molecule has 1 saturated heterocycles. The molecule has 0 saturated carbocycles. The molecule has 4 rings (SSSR count). The Labute approximate surface area is 201 Å². The predicted molar refractivity (Wildman–Crippen MR) is 127 cm³/mol. The minimum Gasteiger partial charge on any atom is -0.324 e. The Morgan fingerprint density at radius 3 is 2.21 bits per heavy atom. The molecular weight excluding hydrogens is 456 g/mol. The number of imide groups is 1. The van der Waals surface area contributed by atoms with Gasteiger partial charge in [0, 0.05) is 29.6 Å². The van der Waals surface area contributed by atoms with Crippen LogP contribution in [0.15, 0.2) is 71.5 Å². The lowest BCUT2D eigenvalue weighted by Crippen LogP contribution is -2.56. The van der Waals surface area contributed by atoms with Gasteiger partial charge in [0.1, 0.15) is 13.1 Å². The zero-order valence-corrected chi connectivity index (χ0v) is 19.1. The van der Waals surface area contributed by atoms with Crippen molar-refractivity contribution in [1.29, 1.82) is 0 Å². The number of aromatic nitrogens is 2. The summed E-state index contributed by atoms with van der Waals surface area (Å²) in [6.45, 7) is -0.00474. The molecule has 0 aliphatic carbocycles. The Hall–Kier alpha value is -3.78. The van der Waals surface area contributed by atoms with Gasteiger partial charge in [-0.3, -0.25) is 24.1 Å². The predicted octanol–water partition coefficient (Wildman–Crippen LogP) is 2.39. The van der Waals surface area contributed by atoms with Gasteiger partial charge in [-0.1, -0.05) is 54.1 Å². The first-order chi connectivity index (χ1) is 16.4. The maximum absolute atomic E-state index is 12.7. The summed E-state index contributed by atoms with van der Waals surface area (Å²) in [5, 5.41) is 4.92. The third-order valence-electron chi connectivity index (χ3n) is 5.62. The average molecular weight is 479 g/mol. The Bertz CT molecular complexity index is 1240. The number of halogens is 1. The summed E-state index contributed by atoms with van der Waals surface area (Å²) in [6.07, 6.45) is 0.506. The number of nitrogens with zero attached hydrogens (tertiary/aromatic N) is 4. The second kappa shape index (κ2) is 10.4. The van der Waals surface area contributed by atoms with Crippen molar-refractivity contribution in [3.63, 3.8) is 0 Å². The minimum atomic E-state index is -0.402. The number of rotatable bonds is 7. The molecular formula is C25H23ClN4O4. The summed E-state index contributed by atoms with van der Waals surface area (Å²) in [5.74, 6) is -1.18. The largest absolute Gasteiger partial charge is 0.324 e. The van der Waals surface area contributed by atoms with Crippen LogP contribution in [0.2, 0.25) is 5.02 Å². The molecule has 1 aliphatic rings. The van der Waals surface area contributed by atoms with E-state index in [1.54, 1.807) is 30.3 Å². The van der Waals surface area contributed by atoms with E-state index in [1.807, 2.05) is 30.3 Å². The van der Waals surface area contributed by atoms with Crippen LogP contribution in [-0.4, -0.2) is 56.9 Å². The third kappa shape index (κ3) is 5.58. The standard InChI is InChI=1S/C25H23ClN4O4/c26-20-8-6-19(7-9-20)21-10-11-23(32)30(27-21)15-13-22(31)28-16-24(33)29(25(34)17-28)14-12-18-4-2-1-3-5-18/h1-11H,12-17H2. The minimum absolute atomic E-state index is 0.0374. The zero-order chi connectivity index (χ0) is 24.1. The van der Waals surface area contributed by atoms with E-state index in [-0.39, 0.29) is 44.1 Å². The number of benzene rings is 2. The van der Waals surface area contributed by atoms with Crippen LogP contribution in [0.1, 0.15) is 12.0 Å². The molecule has 0 N–H and O–H groups in total. The molecule has 3 aromatic rings. The van der Waals surface area contributed by atoms with Crippen molar-refractivity contribution in [2.45, 2.75) is 19.4 Å². The Kier molecular flexibility index (Phi) is 7.18. The average Bonchev–Trinajstić information content (AvgIpc) is 2.84. The van der Waals surface area contributed by atoms with E-state index in [2.05, 4.69) is 5.10 Å². The molecule has 8 nitrogen and oxygen atoms in total. The maximum atomic E-state index is 12.7. The van der Waals surface area contributed by atoms with Gasteiger partial charge in [0.25, 0.3) is 5.56 Å². The molecule has 0 spiro atoms. The molecule has 9 heteroatoms. The molecule has 1 aromatic heterocycles. The van der Waals surface area contributed by atoms with Crippen LogP contribution in [0.3, 0.4) is 0 Å². The Balaban J connectivity index is 1.35. The highest BCUT2D eigenvalue weighted by molar-refractivity contribution is 6.30. The molecule has 0 bridgehead atoms. The van der Waals surface area contributed by atoms with Crippen LogP contribution in [0, 0.1) is 0 Å². The molecule has 2 heterocycles. The van der Waals surface area contributed by atoms with Gasteiger partial charge in [-0.25, -0.2) is 4.68 Å². The highest BCUT2D eigenvalue weighted by Crippen LogP contribution is 2.18. The molecule has 1 fully saturated rings. The van der Waals surface area contributed by atoms with Gasteiger partial charge in [0.2, 0.25) is 17.7 Å². The van der Waals surface area contributed by atoms with Crippen LogP contribution >= 0.6 is 11.6 Å². The molecule has 0 unspecified atom stereocenters. The summed E-state index contributed by atoms with van der Waals surface area (Å²) in [6, 6.07) is 19.6. The van der Waals surface area contributed by atoms with Crippen molar-refractivity contribution in [2.24, 2.45) is 0 Å². The molecule has 34 heavy (non-hydrogen) atoms. The van der Waals surface area contributed by atoms with Crippen LogP contribution in [0.4, 0.5) is 0 Å². The van der Waals surface area contributed by atoms with Crippen molar-refractivity contribution >= 4 is 29.3 Å². The van der Waals surface area contributed by atoms with Crippen molar-refractivity contribution in [1.82, 2.24) is 19.6 Å². The van der Waals surface area contributed by atoms with E-state index in [4.69, 9.17) is 11.6 Å². The molecule has 1 aliphatic heterocycles. The normalized spacial score (nSPS) is 13.9. The molecule has 0 radical (unpaired) electrons. The number of carbonyl (C=O) groups is 3. The monoisotopic (exact) mass is 478 g/mol. The van der Waals surface area contributed by atoms with E-state index in [1.165, 1.54) is 20.5 Å². The van der Waals surface area contributed by atoms with Gasteiger partial charge < -0.3 is 4.90 Å². The smallest absolute Gasteiger partial charge is 0.266 e. The van der Waals surface area contributed by atoms with Gasteiger partial charge in [-0.15, -0.1) is 0 Å². The quantitative estimate of drug-likeness (QED) is 0.486. The first-order valence-electron chi connectivity index (χ1n) is 10.9. The molecule has 174 valence electrons. The van der Waals surface area contributed by atoms with Crippen LogP contribution in [-0.2, 0) is 27.3 Å². The summed E-state index contributed by atoms with van der Waals surface area (Å²) in [5.41, 5.74) is 2.04. The van der Waals surface area contributed by atoms with Crippen molar-refractivity contribution < 1.29 is 14.4 Å². The lowest BCUT2D eigenvalue weighted by Gasteiger charge is -2.32. The van der Waals surface area contributed by atoms with Crippen LogP contribution in [0.5, 0.6) is 0 Å². The van der Waals surface area contributed by atoms with E-state index in [0.717, 1.165) is 11.1 Å². The van der Waals surface area contributed by atoms with Gasteiger partial charge in [-0.2, -0.15) is 5.10 Å². The Morgan fingerprint density at radius 2 is 1.53 bits per heavy atom. The second-order valence-electron chi connectivity index (χ2n) is 7.96. The number of piperazine rings is 1. The lowest BCUT2D eigenvalue weighted by atomic mass is 10.1. The maximum Gasteiger partial charge on any atom is 0.266 e. The van der Waals surface area contributed by atoms with Gasteiger partial charge in [-0.05, 0) is 30.2 Å². The van der Waals surface area contributed by atoms with Crippen molar-refractivity contribution in [3.8, 4) is 11.3 Å². The molecule has 2 aromatic carbocycles. The summed E-state index contributed by atoms with van der Waals surface area (Å²) in [7, 11) is 0. The van der Waals surface area contributed by atoms with E-state index in [9.17, 15) is 19.2 Å². The molecule has 0 atom stereocenters. The number of aryl methyl sites for hydroxylation is 1. The summed E-state index contributed by atoms with van der Waals surface area (Å²) >= 11 is 5.92. The Morgan fingerprint density at radius 1 is 0.853 bits per heavy atom. The van der Waals surface area contributed by atoms with E-state index in [0.29, 0.717) is 17.1 Å². The fourth-order valence-electron chi connectivity index (χ4n) is 3.75.